The zero-order valence-corrected chi connectivity index (χ0v) is 16.2. The molecule has 28 heavy (non-hydrogen) atoms. The molecule has 0 atom stereocenters. The molecular formula is C21H19ClN2O4. The van der Waals surface area contributed by atoms with Crippen molar-refractivity contribution in [3.05, 3.63) is 70.9 Å². The standard InChI is InChI=1S/C21H19ClN2O4/c1-14-7-8-15(11-17(14)22)18-10-9-16(28-18)12-23-24-21(25)13-27-20-6-4-3-5-19(20)26-2/h3-12H,13H2,1-2H3,(H,24,25)/b23-12+. The molecule has 0 aliphatic carbocycles. The number of methoxy groups -OCH3 is 1. The number of para-hydroxylation sites is 2. The molecule has 0 radical (unpaired) electrons. The van der Waals surface area contributed by atoms with E-state index in [0.717, 1.165) is 11.1 Å². The number of carbonyl (C=O) groups is 1. The Morgan fingerprint density at radius 3 is 2.71 bits per heavy atom. The van der Waals surface area contributed by atoms with Gasteiger partial charge >= 0.3 is 0 Å². The third-order valence-corrected chi connectivity index (χ3v) is 4.30. The fourth-order valence-electron chi connectivity index (χ4n) is 2.40. The molecule has 3 rings (SSSR count). The number of aryl methyl sites for hydroxylation is 1. The van der Waals surface area contributed by atoms with Gasteiger partial charge in [-0.05, 0) is 42.8 Å². The summed E-state index contributed by atoms with van der Waals surface area (Å²) in [6, 6.07) is 16.3. The molecule has 2 aromatic carbocycles. The number of carbonyl (C=O) groups excluding carboxylic acids is 1. The number of amides is 1. The predicted molar refractivity (Wildman–Crippen MR) is 108 cm³/mol. The van der Waals surface area contributed by atoms with Gasteiger partial charge in [0, 0.05) is 10.6 Å². The highest BCUT2D eigenvalue weighted by atomic mass is 35.5. The highest BCUT2D eigenvalue weighted by molar-refractivity contribution is 6.31. The quantitative estimate of drug-likeness (QED) is 0.471. The highest BCUT2D eigenvalue weighted by Gasteiger charge is 2.07. The molecule has 0 saturated carbocycles. The predicted octanol–water partition coefficient (Wildman–Crippen LogP) is 4.45. The zero-order valence-electron chi connectivity index (χ0n) is 15.4. The van der Waals surface area contributed by atoms with Crippen molar-refractivity contribution >= 4 is 23.7 Å². The second-order valence-corrected chi connectivity index (χ2v) is 6.31. The Balaban J connectivity index is 1.54. The van der Waals surface area contributed by atoms with E-state index in [2.05, 4.69) is 10.5 Å². The molecule has 3 aromatic rings. The minimum atomic E-state index is -0.403. The van der Waals surface area contributed by atoms with Crippen LogP contribution in [0.1, 0.15) is 11.3 Å². The number of ether oxygens (including phenoxy) is 2. The molecule has 0 fully saturated rings. The molecule has 1 aromatic heterocycles. The molecule has 0 bridgehead atoms. The van der Waals surface area contributed by atoms with Gasteiger partial charge < -0.3 is 13.9 Å². The summed E-state index contributed by atoms with van der Waals surface area (Å²) < 4.78 is 16.3. The van der Waals surface area contributed by atoms with Crippen LogP contribution < -0.4 is 14.9 Å². The molecule has 7 heteroatoms. The number of furan rings is 1. The molecule has 6 nitrogen and oxygen atoms in total. The minimum Gasteiger partial charge on any atom is -0.493 e. The zero-order chi connectivity index (χ0) is 19.9. The van der Waals surface area contributed by atoms with Crippen molar-refractivity contribution in [1.82, 2.24) is 5.43 Å². The topological polar surface area (TPSA) is 73.1 Å². The van der Waals surface area contributed by atoms with Crippen LogP contribution in [0.15, 0.2) is 64.1 Å². The van der Waals surface area contributed by atoms with E-state index in [-0.39, 0.29) is 6.61 Å². The van der Waals surface area contributed by atoms with E-state index in [0.29, 0.717) is 28.0 Å². The molecule has 144 valence electrons. The molecule has 1 N–H and O–H groups in total. The molecule has 0 aliphatic rings. The van der Waals surface area contributed by atoms with Crippen molar-refractivity contribution in [2.24, 2.45) is 5.10 Å². The smallest absolute Gasteiger partial charge is 0.277 e. The minimum absolute atomic E-state index is 0.191. The molecule has 0 spiro atoms. The number of nitrogens with zero attached hydrogens (tertiary/aromatic N) is 1. The number of nitrogens with one attached hydrogen (secondary N) is 1. The molecular weight excluding hydrogens is 380 g/mol. The largest absolute Gasteiger partial charge is 0.493 e. The van der Waals surface area contributed by atoms with Crippen LogP contribution in [0.4, 0.5) is 0 Å². The van der Waals surface area contributed by atoms with Gasteiger partial charge in [-0.2, -0.15) is 5.10 Å². The Morgan fingerprint density at radius 1 is 1.18 bits per heavy atom. The van der Waals surface area contributed by atoms with Crippen LogP contribution in [0.5, 0.6) is 11.5 Å². The summed E-state index contributed by atoms with van der Waals surface area (Å²) >= 11 is 6.15. The second kappa shape index (κ2) is 9.10. The lowest BCUT2D eigenvalue weighted by Gasteiger charge is -2.08. The Labute approximate surface area is 167 Å². The Hall–Kier alpha value is -3.25. The average molecular weight is 399 g/mol. The van der Waals surface area contributed by atoms with E-state index in [9.17, 15) is 4.79 Å². The van der Waals surface area contributed by atoms with E-state index < -0.39 is 5.91 Å². The van der Waals surface area contributed by atoms with Crippen molar-refractivity contribution in [3.63, 3.8) is 0 Å². The van der Waals surface area contributed by atoms with E-state index in [1.807, 2.05) is 37.3 Å². The highest BCUT2D eigenvalue weighted by Crippen LogP contribution is 2.27. The maximum Gasteiger partial charge on any atom is 0.277 e. The van der Waals surface area contributed by atoms with Gasteiger partial charge in [0.1, 0.15) is 11.5 Å². The van der Waals surface area contributed by atoms with Gasteiger partial charge in [-0.25, -0.2) is 5.43 Å². The van der Waals surface area contributed by atoms with E-state index in [1.165, 1.54) is 13.3 Å². The van der Waals surface area contributed by atoms with Gasteiger partial charge in [-0.1, -0.05) is 35.9 Å². The van der Waals surface area contributed by atoms with Crippen LogP contribution >= 0.6 is 11.6 Å². The molecule has 0 saturated heterocycles. The summed E-state index contributed by atoms with van der Waals surface area (Å²) in [5.74, 6) is 1.79. The number of benzene rings is 2. The van der Waals surface area contributed by atoms with Crippen LogP contribution in [-0.4, -0.2) is 25.8 Å². The van der Waals surface area contributed by atoms with Gasteiger partial charge in [0.15, 0.2) is 18.1 Å². The monoisotopic (exact) mass is 398 g/mol. The lowest BCUT2D eigenvalue weighted by Crippen LogP contribution is -2.24. The number of hydrazone groups is 1. The number of rotatable bonds is 7. The third-order valence-electron chi connectivity index (χ3n) is 3.89. The molecule has 0 aliphatic heterocycles. The van der Waals surface area contributed by atoms with Crippen molar-refractivity contribution in [3.8, 4) is 22.8 Å². The Morgan fingerprint density at radius 2 is 1.96 bits per heavy atom. The maximum atomic E-state index is 11.9. The molecule has 1 amide bonds. The fourth-order valence-corrected chi connectivity index (χ4v) is 2.59. The number of halogens is 1. The van der Waals surface area contributed by atoms with Gasteiger partial charge in [0.05, 0.1) is 13.3 Å². The second-order valence-electron chi connectivity index (χ2n) is 5.90. The van der Waals surface area contributed by atoms with Crippen LogP contribution in [-0.2, 0) is 4.79 Å². The van der Waals surface area contributed by atoms with Crippen molar-refractivity contribution < 1.29 is 18.7 Å². The van der Waals surface area contributed by atoms with E-state index >= 15 is 0 Å². The fraction of sp³-hybridized carbons (Fsp3) is 0.143. The van der Waals surface area contributed by atoms with Crippen LogP contribution in [0, 0.1) is 6.92 Å². The van der Waals surface area contributed by atoms with Gasteiger partial charge in [0.25, 0.3) is 5.91 Å². The lowest BCUT2D eigenvalue weighted by atomic mass is 10.1. The first-order valence-electron chi connectivity index (χ1n) is 8.51. The van der Waals surface area contributed by atoms with Crippen molar-refractivity contribution in [1.29, 1.82) is 0 Å². The summed E-state index contributed by atoms with van der Waals surface area (Å²) in [7, 11) is 1.54. The van der Waals surface area contributed by atoms with Gasteiger partial charge in [-0.3, -0.25) is 4.79 Å². The summed E-state index contributed by atoms with van der Waals surface area (Å²) in [6.07, 6.45) is 1.42. The summed E-state index contributed by atoms with van der Waals surface area (Å²) in [5.41, 5.74) is 4.25. The first-order valence-corrected chi connectivity index (χ1v) is 8.88. The Bertz CT molecular complexity index is 998. The van der Waals surface area contributed by atoms with Gasteiger partial charge in [0.2, 0.25) is 0 Å². The first kappa shape index (κ1) is 19.5. The average Bonchev–Trinajstić information content (AvgIpc) is 3.17. The van der Waals surface area contributed by atoms with E-state index in [1.54, 1.807) is 24.3 Å². The van der Waals surface area contributed by atoms with Crippen molar-refractivity contribution in [2.45, 2.75) is 6.92 Å². The number of hydrogen-bond donors (Lipinski definition) is 1. The van der Waals surface area contributed by atoms with Gasteiger partial charge in [-0.15, -0.1) is 0 Å². The third kappa shape index (κ3) is 4.92. The Kier molecular flexibility index (Phi) is 6.34. The summed E-state index contributed by atoms with van der Waals surface area (Å²) in [6.45, 7) is 1.75. The normalized spacial score (nSPS) is 10.8. The number of hydrogen-bond acceptors (Lipinski definition) is 5. The van der Waals surface area contributed by atoms with Crippen LogP contribution in [0.25, 0.3) is 11.3 Å². The molecule has 1 heterocycles. The van der Waals surface area contributed by atoms with E-state index in [4.69, 9.17) is 25.5 Å². The maximum absolute atomic E-state index is 11.9. The molecule has 0 unspecified atom stereocenters. The SMILES string of the molecule is COc1ccccc1OCC(=O)N/N=C/c1ccc(-c2ccc(C)c(Cl)c2)o1. The summed E-state index contributed by atoms with van der Waals surface area (Å²) in [5, 5.41) is 4.55. The van der Waals surface area contributed by atoms with Crippen molar-refractivity contribution in [2.75, 3.05) is 13.7 Å². The first-order chi connectivity index (χ1) is 13.6. The lowest BCUT2D eigenvalue weighted by molar-refractivity contribution is -0.123. The van der Waals surface area contributed by atoms with Crippen LogP contribution in [0.2, 0.25) is 5.02 Å². The van der Waals surface area contributed by atoms with Crippen LogP contribution in [0.3, 0.4) is 0 Å². The summed E-state index contributed by atoms with van der Waals surface area (Å²) in [4.78, 5) is 11.9.